The van der Waals surface area contributed by atoms with E-state index in [1.54, 1.807) is 0 Å². The Labute approximate surface area is 115 Å². The SMILES string of the molecule is O=C(NCCOc1ccccc1)c1ccc(F)cc1O. The lowest BCUT2D eigenvalue weighted by molar-refractivity contribution is 0.0944. The maximum Gasteiger partial charge on any atom is 0.255 e. The number of phenolic OH excluding ortho intramolecular Hbond substituents is 1. The van der Waals surface area contributed by atoms with Gasteiger partial charge in [-0.1, -0.05) is 18.2 Å². The van der Waals surface area contributed by atoms with Crippen LogP contribution < -0.4 is 10.1 Å². The molecule has 2 aromatic rings. The number of halogens is 1. The summed E-state index contributed by atoms with van der Waals surface area (Å²) >= 11 is 0. The van der Waals surface area contributed by atoms with Gasteiger partial charge in [0.15, 0.2) is 0 Å². The van der Waals surface area contributed by atoms with Crippen LogP contribution in [-0.2, 0) is 0 Å². The zero-order chi connectivity index (χ0) is 14.4. The van der Waals surface area contributed by atoms with E-state index < -0.39 is 11.7 Å². The Balaban J connectivity index is 1.80. The van der Waals surface area contributed by atoms with Crippen LogP contribution in [0.15, 0.2) is 48.5 Å². The van der Waals surface area contributed by atoms with Crippen molar-refractivity contribution in [3.63, 3.8) is 0 Å². The lowest BCUT2D eigenvalue weighted by Crippen LogP contribution is -2.28. The van der Waals surface area contributed by atoms with Crippen molar-refractivity contribution in [1.82, 2.24) is 5.32 Å². The molecule has 0 aliphatic rings. The van der Waals surface area contributed by atoms with Crippen LogP contribution in [0.4, 0.5) is 4.39 Å². The minimum Gasteiger partial charge on any atom is -0.507 e. The molecule has 0 fully saturated rings. The minimum absolute atomic E-state index is 0.0334. The third-order valence-electron chi connectivity index (χ3n) is 2.60. The molecule has 0 heterocycles. The lowest BCUT2D eigenvalue weighted by Gasteiger charge is -2.08. The second-order valence-corrected chi connectivity index (χ2v) is 4.08. The zero-order valence-corrected chi connectivity index (χ0v) is 10.7. The topological polar surface area (TPSA) is 58.6 Å². The molecular weight excluding hydrogens is 261 g/mol. The molecule has 104 valence electrons. The minimum atomic E-state index is -0.591. The van der Waals surface area contributed by atoms with Gasteiger partial charge in [-0.05, 0) is 24.3 Å². The average molecular weight is 275 g/mol. The summed E-state index contributed by atoms with van der Waals surface area (Å²) in [4.78, 5) is 11.7. The zero-order valence-electron chi connectivity index (χ0n) is 10.7. The van der Waals surface area contributed by atoms with Crippen LogP contribution in [0.2, 0.25) is 0 Å². The molecule has 0 unspecified atom stereocenters. The molecule has 0 spiro atoms. The highest BCUT2D eigenvalue weighted by molar-refractivity contribution is 5.96. The number of benzene rings is 2. The highest BCUT2D eigenvalue weighted by atomic mass is 19.1. The number of hydrogen-bond acceptors (Lipinski definition) is 3. The summed E-state index contributed by atoms with van der Waals surface area (Å²) in [7, 11) is 0. The first-order valence-corrected chi connectivity index (χ1v) is 6.11. The van der Waals surface area contributed by atoms with E-state index in [1.807, 2.05) is 30.3 Å². The molecule has 0 aliphatic carbocycles. The van der Waals surface area contributed by atoms with Crippen LogP contribution in [0.25, 0.3) is 0 Å². The van der Waals surface area contributed by atoms with Crippen molar-refractivity contribution in [2.45, 2.75) is 0 Å². The number of amides is 1. The van der Waals surface area contributed by atoms with Gasteiger partial charge in [-0.15, -0.1) is 0 Å². The van der Waals surface area contributed by atoms with E-state index in [1.165, 1.54) is 6.07 Å². The molecule has 5 heteroatoms. The van der Waals surface area contributed by atoms with E-state index in [2.05, 4.69) is 5.32 Å². The Kier molecular flexibility index (Phi) is 4.55. The van der Waals surface area contributed by atoms with Gasteiger partial charge in [0, 0.05) is 6.07 Å². The monoisotopic (exact) mass is 275 g/mol. The van der Waals surface area contributed by atoms with Crippen molar-refractivity contribution in [2.75, 3.05) is 13.2 Å². The molecule has 0 bridgehead atoms. The molecule has 2 N–H and O–H groups in total. The van der Waals surface area contributed by atoms with Crippen LogP contribution in [0.3, 0.4) is 0 Å². The van der Waals surface area contributed by atoms with E-state index in [0.29, 0.717) is 12.4 Å². The average Bonchev–Trinajstić information content (AvgIpc) is 2.44. The summed E-state index contributed by atoms with van der Waals surface area (Å²) in [5, 5.41) is 12.0. The van der Waals surface area contributed by atoms with Crippen molar-refractivity contribution < 1.29 is 19.0 Å². The molecule has 0 aliphatic heterocycles. The smallest absolute Gasteiger partial charge is 0.255 e. The first-order valence-electron chi connectivity index (χ1n) is 6.11. The predicted molar refractivity (Wildman–Crippen MR) is 72.3 cm³/mol. The Hall–Kier alpha value is -2.56. The van der Waals surface area contributed by atoms with Crippen LogP contribution in [0.1, 0.15) is 10.4 Å². The first kappa shape index (κ1) is 13.9. The third-order valence-corrected chi connectivity index (χ3v) is 2.60. The Morgan fingerprint density at radius 3 is 2.65 bits per heavy atom. The number of rotatable bonds is 5. The standard InChI is InChI=1S/C15H14FNO3/c16-11-6-7-13(14(18)10-11)15(19)17-8-9-20-12-4-2-1-3-5-12/h1-7,10,18H,8-9H2,(H,17,19). The fourth-order valence-electron chi connectivity index (χ4n) is 1.64. The summed E-state index contributed by atoms with van der Waals surface area (Å²) in [6, 6.07) is 12.5. The molecule has 2 aromatic carbocycles. The summed E-state index contributed by atoms with van der Waals surface area (Å²) in [5.74, 6) is -0.733. The van der Waals surface area contributed by atoms with Gasteiger partial charge in [-0.2, -0.15) is 0 Å². The fourth-order valence-corrected chi connectivity index (χ4v) is 1.64. The van der Waals surface area contributed by atoms with Crippen LogP contribution >= 0.6 is 0 Å². The van der Waals surface area contributed by atoms with Crippen molar-refractivity contribution in [3.05, 3.63) is 59.9 Å². The molecule has 20 heavy (non-hydrogen) atoms. The Bertz CT molecular complexity index is 587. The van der Waals surface area contributed by atoms with Gasteiger partial charge >= 0.3 is 0 Å². The molecule has 0 radical (unpaired) electrons. The van der Waals surface area contributed by atoms with Crippen LogP contribution in [0, 0.1) is 5.82 Å². The maximum absolute atomic E-state index is 12.8. The number of carbonyl (C=O) groups is 1. The van der Waals surface area contributed by atoms with E-state index >= 15 is 0 Å². The van der Waals surface area contributed by atoms with Crippen LogP contribution in [0.5, 0.6) is 11.5 Å². The second kappa shape index (κ2) is 6.56. The second-order valence-electron chi connectivity index (χ2n) is 4.08. The Morgan fingerprint density at radius 2 is 1.95 bits per heavy atom. The molecule has 0 saturated carbocycles. The molecule has 0 aromatic heterocycles. The van der Waals surface area contributed by atoms with Crippen molar-refractivity contribution in [3.8, 4) is 11.5 Å². The first-order chi connectivity index (χ1) is 9.66. The molecular formula is C15H14FNO3. The number of nitrogens with one attached hydrogen (secondary N) is 1. The van der Waals surface area contributed by atoms with Gasteiger partial charge in [-0.3, -0.25) is 4.79 Å². The van der Waals surface area contributed by atoms with Crippen molar-refractivity contribution in [2.24, 2.45) is 0 Å². The van der Waals surface area contributed by atoms with E-state index in [0.717, 1.165) is 12.1 Å². The number of phenols is 1. The summed E-state index contributed by atoms with van der Waals surface area (Å²) in [5.41, 5.74) is 0.0334. The highest BCUT2D eigenvalue weighted by Gasteiger charge is 2.10. The predicted octanol–water partition coefficient (Wildman–Crippen LogP) is 2.34. The van der Waals surface area contributed by atoms with Gasteiger partial charge in [0.1, 0.15) is 23.9 Å². The third kappa shape index (κ3) is 3.71. The van der Waals surface area contributed by atoms with E-state index in [9.17, 15) is 14.3 Å². The molecule has 0 atom stereocenters. The van der Waals surface area contributed by atoms with Gasteiger partial charge in [0.2, 0.25) is 0 Å². The number of carbonyl (C=O) groups excluding carboxylic acids is 1. The number of ether oxygens (including phenoxy) is 1. The molecule has 1 amide bonds. The quantitative estimate of drug-likeness (QED) is 0.823. The van der Waals surface area contributed by atoms with Gasteiger partial charge in [0.25, 0.3) is 5.91 Å². The summed E-state index contributed by atoms with van der Waals surface area (Å²) in [6.07, 6.45) is 0. The Morgan fingerprint density at radius 1 is 1.20 bits per heavy atom. The van der Waals surface area contributed by atoms with Gasteiger partial charge in [-0.25, -0.2) is 4.39 Å². The largest absolute Gasteiger partial charge is 0.507 e. The van der Waals surface area contributed by atoms with Gasteiger partial charge < -0.3 is 15.2 Å². The maximum atomic E-state index is 12.8. The molecule has 0 saturated heterocycles. The number of hydrogen-bond donors (Lipinski definition) is 2. The van der Waals surface area contributed by atoms with E-state index in [-0.39, 0.29) is 17.9 Å². The van der Waals surface area contributed by atoms with Crippen LogP contribution in [-0.4, -0.2) is 24.2 Å². The molecule has 4 nitrogen and oxygen atoms in total. The van der Waals surface area contributed by atoms with Crippen molar-refractivity contribution in [1.29, 1.82) is 0 Å². The highest BCUT2D eigenvalue weighted by Crippen LogP contribution is 2.17. The normalized spacial score (nSPS) is 10.1. The van der Waals surface area contributed by atoms with E-state index in [4.69, 9.17) is 4.74 Å². The number of aromatic hydroxyl groups is 1. The lowest BCUT2D eigenvalue weighted by atomic mass is 10.2. The summed E-state index contributed by atoms with van der Waals surface area (Å²) < 4.78 is 18.2. The summed E-state index contributed by atoms with van der Waals surface area (Å²) in [6.45, 7) is 0.586. The fraction of sp³-hybridized carbons (Fsp3) is 0.133. The molecule has 2 rings (SSSR count). The number of para-hydroxylation sites is 1. The van der Waals surface area contributed by atoms with Crippen molar-refractivity contribution >= 4 is 5.91 Å². The van der Waals surface area contributed by atoms with Gasteiger partial charge in [0.05, 0.1) is 12.1 Å².